The summed E-state index contributed by atoms with van der Waals surface area (Å²) in [6, 6.07) is 0. The first-order valence-electron chi connectivity index (χ1n) is 13.1. The zero-order chi connectivity index (χ0) is 34.2. The van der Waals surface area contributed by atoms with Gasteiger partial charge >= 0.3 is 18.3 Å². The van der Waals surface area contributed by atoms with Crippen molar-refractivity contribution in [2.75, 3.05) is 12.3 Å². The van der Waals surface area contributed by atoms with Crippen LogP contribution in [0.4, 0.5) is 70.2 Å². The molecule has 0 saturated heterocycles. The Labute approximate surface area is 244 Å². The van der Waals surface area contributed by atoms with Crippen LogP contribution in [0.2, 0.25) is 0 Å². The second-order valence-corrected chi connectivity index (χ2v) is 11.0. The molecule has 44 heavy (non-hydrogen) atoms. The summed E-state index contributed by atoms with van der Waals surface area (Å²) in [5.74, 6) is -34.1. The summed E-state index contributed by atoms with van der Waals surface area (Å²) in [5.41, 5.74) is -14.2. The van der Waals surface area contributed by atoms with Crippen LogP contribution < -0.4 is 0 Å². The van der Waals surface area contributed by atoms with Crippen LogP contribution in [0.5, 0.6) is 0 Å². The SMILES string of the molecule is CCCCCCCCCPCCC.Fc1c(F)c(F)c(-c2c(C(F)(F)F)c(F)c(F)c(F)c2C(F)(F)C(F)(F)F)c(F)c1F. The highest BCUT2D eigenvalue weighted by Crippen LogP contribution is 2.53. The summed E-state index contributed by atoms with van der Waals surface area (Å²) in [6.45, 7) is 4.57. The second-order valence-electron chi connectivity index (χ2n) is 9.45. The van der Waals surface area contributed by atoms with Gasteiger partial charge in [-0.05, 0) is 18.7 Å². The maximum Gasteiger partial charge on any atom is 0.458 e. The minimum Gasteiger partial charge on any atom is -0.203 e. The van der Waals surface area contributed by atoms with Gasteiger partial charge in [0.05, 0.1) is 11.1 Å². The van der Waals surface area contributed by atoms with E-state index in [1.807, 2.05) is 0 Å². The molecule has 0 radical (unpaired) electrons. The van der Waals surface area contributed by atoms with Crippen LogP contribution in [0, 0.1) is 46.5 Å². The van der Waals surface area contributed by atoms with Gasteiger partial charge in [-0.15, -0.1) is 8.58 Å². The molecule has 0 N–H and O–H groups in total. The first-order valence-corrected chi connectivity index (χ1v) is 14.6. The van der Waals surface area contributed by atoms with Crippen molar-refractivity contribution in [3.63, 3.8) is 0 Å². The quantitative estimate of drug-likeness (QED) is 0.0686. The van der Waals surface area contributed by atoms with Gasteiger partial charge < -0.3 is 0 Å². The Bertz CT molecular complexity index is 1210. The molecule has 2 rings (SSSR count). The molecule has 0 spiro atoms. The summed E-state index contributed by atoms with van der Waals surface area (Å²) >= 11 is 0. The van der Waals surface area contributed by atoms with Gasteiger partial charge in [-0.1, -0.05) is 58.8 Å². The lowest BCUT2D eigenvalue weighted by Gasteiger charge is -2.26. The molecule has 0 saturated carbocycles. The van der Waals surface area contributed by atoms with E-state index < -0.39 is 87.1 Å². The molecular formula is C27H27F16P. The summed E-state index contributed by atoms with van der Waals surface area (Å²) in [6.07, 6.45) is 0.881. The number of hydrogen-bond acceptors (Lipinski definition) is 0. The molecule has 0 amide bonds. The molecule has 0 bridgehead atoms. The predicted molar refractivity (Wildman–Crippen MR) is 133 cm³/mol. The number of alkyl halides is 8. The summed E-state index contributed by atoms with van der Waals surface area (Å²) in [4.78, 5) is 0. The molecule has 1 unspecified atom stereocenters. The predicted octanol–water partition coefficient (Wildman–Crippen LogP) is 12.0. The molecule has 252 valence electrons. The Morgan fingerprint density at radius 3 is 1.27 bits per heavy atom. The largest absolute Gasteiger partial charge is 0.458 e. The van der Waals surface area contributed by atoms with Crippen LogP contribution in [0.25, 0.3) is 11.1 Å². The maximum absolute atomic E-state index is 13.9. The molecule has 2 aromatic rings. The van der Waals surface area contributed by atoms with Crippen molar-refractivity contribution >= 4 is 8.58 Å². The van der Waals surface area contributed by atoms with Gasteiger partial charge in [0.1, 0.15) is 5.56 Å². The minimum absolute atomic E-state index is 1.24. The van der Waals surface area contributed by atoms with Crippen LogP contribution in [0.1, 0.15) is 76.3 Å². The highest BCUT2D eigenvalue weighted by Gasteiger charge is 2.63. The lowest BCUT2D eigenvalue weighted by molar-refractivity contribution is -0.290. The van der Waals surface area contributed by atoms with Crippen molar-refractivity contribution in [3.05, 3.63) is 57.7 Å². The van der Waals surface area contributed by atoms with Gasteiger partial charge in [-0.3, -0.25) is 0 Å². The monoisotopic (exact) mass is 686 g/mol. The fourth-order valence-corrected chi connectivity index (χ4v) is 5.05. The summed E-state index contributed by atoms with van der Waals surface area (Å²) in [7, 11) is 1.24. The van der Waals surface area contributed by atoms with Crippen LogP contribution in [0.15, 0.2) is 0 Å². The van der Waals surface area contributed by atoms with Crippen molar-refractivity contribution in [1.29, 1.82) is 0 Å². The van der Waals surface area contributed by atoms with E-state index in [0.29, 0.717) is 0 Å². The molecular weight excluding hydrogens is 659 g/mol. The Kier molecular flexibility index (Phi) is 14.8. The van der Waals surface area contributed by atoms with Crippen molar-refractivity contribution in [1.82, 2.24) is 0 Å². The molecule has 0 aliphatic heterocycles. The van der Waals surface area contributed by atoms with E-state index in [9.17, 15) is 70.2 Å². The number of unbranched alkanes of at least 4 members (excludes halogenated alkanes) is 6. The van der Waals surface area contributed by atoms with Gasteiger partial charge in [-0.25, -0.2) is 35.1 Å². The molecule has 1 atom stereocenters. The highest BCUT2D eigenvalue weighted by atomic mass is 31.1. The molecule has 0 fully saturated rings. The van der Waals surface area contributed by atoms with Gasteiger partial charge in [0.15, 0.2) is 40.7 Å². The first-order chi connectivity index (χ1) is 20.2. The molecule has 2 aromatic carbocycles. The zero-order valence-electron chi connectivity index (χ0n) is 23.1. The van der Waals surface area contributed by atoms with Gasteiger partial charge in [-0.2, -0.15) is 35.1 Å². The maximum atomic E-state index is 13.9. The highest BCUT2D eigenvalue weighted by molar-refractivity contribution is 7.37. The van der Waals surface area contributed by atoms with Gasteiger partial charge in [0, 0.05) is 5.56 Å². The third-order valence-corrected chi connectivity index (χ3v) is 7.68. The Morgan fingerprint density at radius 1 is 0.432 bits per heavy atom. The summed E-state index contributed by atoms with van der Waals surface area (Å²) in [5, 5.41) is 0. The van der Waals surface area contributed by atoms with Crippen molar-refractivity contribution in [3.8, 4) is 11.1 Å². The van der Waals surface area contributed by atoms with Crippen LogP contribution in [-0.4, -0.2) is 18.5 Å². The van der Waals surface area contributed by atoms with Crippen LogP contribution >= 0.6 is 8.58 Å². The van der Waals surface area contributed by atoms with Crippen molar-refractivity contribution in [2.45, 2.75) is 83.5 Å². The number of rotatable bonds is 12. The fraction of sp³-hybridized carbons (Fsp3) is 0.556. The topological polar surface area (TPSA) is 0 Å². The van der Waals surface area contributed by atoms with Crippen LogP contribution in [0.3, 0.4) is 0 Å². The fourth-order valence-electron chi connectivity index (χ4n) is 3.95. The average molecular weight is 686 g/mol. The Balaban J connectivity index is 0.000000627. The summed E-state index contributed by atoms with van der Waals surface area (Å²) < 4.78 is 214. The molecule has 17 heteroatoms. The third kappa shape index (κ3) is 9.15. The molecule has 0 heterocycles. The number of halogens is 16. The van der Waals surface area contributed by atoms with E-state index in [2.05, 4.69) is 13.8 Å². The zero-order valence-corrected chi connectivity index (χ0v) is 24.1. The minimum atomic E-state index is -7.10. The lowest BCUT2D eigenvalue weighted by atomic mass is 9.88. The van der Waals surface area contributed by atoms with E-state index in [4.69, 9.17) is 0 Å². The lowest BCUT2D eigenvalue weighted by Crippen LogP contribution is -2.36. The van der Waals surface area contributed by atoms with E-state index in [0.717, 1.165) is 0 Å². The van der Waals surface area contributed by atoms with Gasteiger partial charge in [0.2, 0.25) is 5.82 Å². The number of hydrogen-bond donors (Lipinski definition) is 0. The molecule has 0 nitrogen and oxygen atoms in total. The third-order valence-electron chi connectivity index (χ3n) is 6.12. The Morgan fingerprint density at radius 2 is 0.841 bits per heavy atom. The Hall–Kier alpha value is -2.25. The standard InChI is InChI=1S/C15F16.C12H27P/c16-5-2(6(17)10(21)12(23)9(5)20)1-3(13(24,25)15(29,30)31)7(18)11(22)8(19)4(1)14(26,27)28;1-3-5-6-7-8-9-10-12-13-11-4-2/h;13H,3-12H2,1-2H3. The van der Waals surface area contributed by atoms with Crippen LogP contribution in [-0.2, 0) is 12.1 Å². The van der Waals surface area contributed by atoms with E-state index in [-0.39, 0.29) is 0 Å². The molecule has 0 aliphatic rings. The number of benzene rings is 2. The second kappa shape index (κ2) is 16.4. The van der Waals surface area contributed by atoms with E-state index in [1.54, 1.807) is 0 Å². The van der Waals surface area contributed by atoms with Crippen molar-refractivity contribution in [2.24, 2.45) is 0 Å². The smallest absolute Gasteiger partial charge is 0.203 e. The normalized spacial score (nSPS) is 12.7. The molecule has 0 aromatic heterocycles. The van der Waals surface area contributed by atoms with Gasteiger partial charge in [0.25, 0.3) is 0 Å². The van der Waals surface area contributed by atoms with E-state index in [1.165, 1.54) is 72.3 Å². The molecule has 0 aliphatic carbocycles. The average Bonchev–Trinajstić information content (AvgIpc) is 2.92. The van der Waals surface area contributed by atoms with E-state index >= 15 is 0 Å². The first kappa shape index (κ1) is 39.8. The van der Waals surface area contributed by atoms with Crippen molar-refractivity contribution < 1.29 is 70.2 Å².